The Kier molecular flexibility index (Phi) is 10.8. The second-order valence-corrected chi connectivity index (χ2v) is 6.20. The number of rotatable bonds is 7. The number of carboxylic acids is 1. The van der Waals surface area contributed by atoms with Crippen LogP contribution >= 0.6 is 11.8 Å². The summed E-state index contributed by atoms with van der Waals surface area (Å²) in [6.45, 7) is -0.499. The molecule has 1 aliphatic rings. The molecule has 0 amide bonds. The monoisotopic (exact) mass is 370 g/mol. The van der Waals surface area contributed by atoms with Crippen LogP contribution in [0.1, 0.15) is 32.1 Å². The van der Waals surface area contributed by atoms with Gasteiger partial charge in [0, 0.05) is 15.7 Å². The Balaban J connectivity index is 0.00000254. The molecule has 1 atom stereocenters. The van der Waals surface area contributed by atoms with Gasteiger partial charge in [0.15, 0.2) is 0 Å². The molecule has 136 valence electrons. The first-order valence-corrected chi connectivity index (χ1v) is 8.01. The van der Waals surface area contributed by atoms with Crippen LogP contribution in [-0.4, -0.2) is 40.6 Å². The van der Waals surface area contributed by atoms with Crippen LogP contribution in [0.3, 0.4) is 0 Å². The van der Waals surface area contributed by atoms with E-state index in [9.17, 15) is 18.0 Å². The zero-order valence-electron chi connectivity index (χ0n) is 12.6. The van der Waals surface area contributed by atoms with E-state index in [-0.39, 0.29) is 11.7 Å². The van der Waals surface area contributed by atoms with Crippen molar-refractivity contribution >= 4 is 23.4 Å². The Bertz CT molecular complexity index is 458. The van der Waals surface area contributed by atoms with Crippen LogP contribution in [0.2, 0.25) is 0 Å². The molecule has 0 saturated heterocycles. The van der Waals surface area contributed by atoms with Gasteiger partial charge in [0.1, 0.15) is 0 Å². The summed E-state index contributed by atoms with van der Waals surface area (Å²) < 4.78 is 36.3. The maximum absolute atomic E-state index is 12.1. The van der Waals surface area contributed by atoms with Crippen LogP contribution in [0.25, 0.3) is 0 Å². The summed E-state index contributed by atoms with van der Waals surface area (Å²) in [5.74, 6) is -1.19. The molecule has 0 aromatic rings. The number of oxime groups is 1. The molecular formula is C13H17F3N2O5S. The Morgan fingerprint density at radius 2 is 2.00 bits per heavy atom. The van der Waals surface area contributed by atoms with Crippen molar-refractivity contribution < 1.29 is 27.9 Å². The zero-order valence-corrected chi connectivity index (χ0v) is 13.4. The van der Waals surface area contributed by atoms with Crippen LogP contribution in [-0.2, 0) is 9.63 Å². The number of carboxylic acid groups (broad SMARTS) is 1. The Hall–Kier alpha value is -1.83. The number of alkyl halides is 3. The van der Waals surface area contributed by atoms with E-state index in [1.165, 1.54) is 0 Å². The number of carbonyl (C=O) groups is 1. The number of halogens is 3. The molecule has 1 fully saturated rings. The van der Waals surface area contributed by atoms with E-state index in [0.717, 1.165) is 17.5 Å². The van der Waals surface area contributed by atoms with Gasteiger partial charge in [-0.05, 0) is 31.6 Å². The van der Waals surface area contributed by atoms with Crippen molar-refractivity contribution in [2.24, 2.45) is 11.1 Å². The third-order valence-electron chi connectivity index (χ3n) is 3.23. The van der Waals surface area contributed by atoms with Gasteiger partial charge in [0.05, 0.1) is 23.5 Å². The first kappa shape index (κ1) is 22.2. The van der Waals surface area contributed by atoms with Gasteiger partial charge < -0.3 is 9.94 Å². The van der Waals surface area contributed by atoms with Crippen molar-refractivity contribution in [2.75, 3.05) is 12.4 Å². The van der Waals surface area contributed by atoms with Gasteiger partial charge in [-0.1, -0.05) is 5.16 Å². The molecule has 1 saturated carbocycles. The second-order valence-electron chi connectivity index (χ2n) is 4.95. The third-order valence-corrected chi connectivity index (χ3v) is 4.52. The molecule has 1 rings (SSSR count). The van der Waals surface area contributed by atoms with Crippen LogP contribution in [0.15, 0.2) is 5.16 Å². The standard InChI is InChI=1S/C13H17F3N2O3S.O2/c14-13(15,16)5-6-22-11(7-17)9-1-3-10(4-2-9)18-21-8-12(19)20;1-2/h9,11H,1-6,8H2,(H,19,20);. The van der Waals surface area contributed by atoms with E-state index in [2.05, 4.69) is 16.1 Å². The van der Waals surface area contributed by atoms with Crippen molar-refractivity contribution in [2.45, 2.75) is 43.5 Å². The number of hydrogen-bond acceptors (Lipinski definition) is 7. The molecule has 1 unspecified atom stereocenters. The largest absolute Gasteiger partial charge is 0.479 e. The highest BCUT2D eigenvalue weighted by Gasteiger charge is 2.30. The topological polar surface area (TPSA) is 117 Å². The lowest BCUT2D eigenvalue weighted by molar-refractivity contribution is -0.142. The Morgan fingerprint density at radius 1 is 1.42 bits per heavy atom. The number of thioether (sulfide) groups is 1. The van der Waals surface area contributed by atoms with E-state index in [1.54, 1.807) is 0 Å². The molecule has 1 aliphatic carbocycles. The zero-order chi connectivity index (χ0) is 18.6. The van der Waals surface area contributed by atoms with Gasteiger partial charge in [-0.2, -0.15) is 18.4 Å². The third kappa shape index (κ3) is 10.0. The van der Waals surface area contributed by atoms with E-state index < -0.39 is 30.4 Å². The summed E-state index contributed by atoms with van der Waals surface area (Å²) in [5.41, 5.74) is 0.731. The summed E-state index contributed by atoms with van der Waals surface area (Å²) in [4.78, 5) is 28.9. The average Bonchev–Trinajstić information content (AvgIpc) is 2.53. The van der Waals surface area contributed by atoms with Gasteiger partial charge in [-0.25, -0.2) is 4.79 Å². The molecule has 11 heteroatoms. The molecule has 0 bridgehead atoms. The van der Waals surface area contributed by atoms with E-state index >= 15 is 0 Å². The average molecular weight is 370 g/mol. The SMILES string of the molecule is N#CC(SCCC(F)(F)F)C1CCC(=NOCC(=O)O)CC1.O=O. The fraction of sp³-hybridized carbons (Fsp3) is 0.769. The van der Waals surface area contributed by atoms with Crippen molar-refractivity contribution in [3.8, 4) is 6.07 Å². The fourth-order valence-corrected chi connectivity index (χ4v) is 3.35. The minimum atomic E-state index is -4.19. The van der Waals surface area contributed by atoms with Gasteiger partial charge >= 0.3 is 12.1 Å². The Labute approximate surface area is 140 Å². The lowest BCUT2D eigenvalue weighted by atomic mass is 9.86. The minimum Gasteiger partial charge on any atom is -0.479 e. The number of hydrogen-bond donors (Lipinski definition) is 1. The number of nitriles is 1. The smallest absolute Gasteiger partial charge is 0.389 e. The minimum absolute atomic E-state index is 0.0293. The van der Waals surface area contributed by atoms with Gasteiger partial charge in [-0.15, -0.1) is 11.8 Å². The van der Waals surface area contributed by atoms with Gasteiger partial charge in [0.2, 0.25) is 6.61 Å². The lowest BCUT2D eigenvalue weighted by Gasteiger charge is -2.26. The lowest BCUT2D eigenvalue weighted by Crippen LogP contribution is -2.24. The summed E-state index contributed by atoms with van der Waals surface area (Å²) in [7, 11) is 0. The van der Waals surface area contributed by atoms with Crippen LogP contribution in [0.5, 0.6) is 0 Å². The van der Waals surface area contributed by atoms with Crippen molar-refractivity contribution in [1.29, 1.82) is 5.26 Å². The molecule has 7 nitrogen and oxygen atoms in total. The highest BCUT2D eigenvalue weighted by atomic mass is 32.2. The molecule has 0 aromatic carbocycles. The predicted molar refractivity (Wildman–Crippen MR) is 82.2 cm³/mol. The summed E-state index contributed by atoms with van der Waals surface area (Å²) in [6.07, 6.45) is -2.65. The summed E-state index contributed by atoms with van der Waals surface area (Å²) in [5, 5.41) is 20.8. The van der Waals surface area contributed by atoms with E-state index in [4.69, 9.17) is 20.3 Å². The summed E-state index contributed by atoms with van der Waals surface area (Å²) in [6, 6.07) is 2.08. The van der Waals surface area contributed by atoms with Crippen molar-refractivity contribution in [1.82, 2.24) is 0 Å². The van der Waals surface area contributed by atoms with E-state index in [1.807, 2.05) is 0 Å². The summed E-state index contributed by atoms with van der Waals surface area (Å²) >= 11 is 1.05. The van der Waals surface area contributed by atoms with Crippen LogP contribution in [0, 0.1) is 27.2 Å². The molecule has 1 N–H and O–H groups in total. The maximum atomic E-state index is 12.1. The molecule has 0 spiro atoms. The van der Waals surface area contributed by atoms with Crippen LogP contribution < -0.4 is 0 Å². The Morgan fingerprint density at radius 3 is 2.46 bits per heavy atom. The number of aliphatic carboxylic acids is 1. The fourth-order valence-electron chi connectivity index (χ4n) is 2.13. The predicted octanol–water partition coefficient (Wildman–Crippen LogP) is 3.28. The first-order valence-electron chi connectivity index (χ1n) is 6.96. The van der Waals surface area contributed by atoms with Crippen molar-refractivity contribution in [3.63, 3.8) is 0 Å². The molecule has 0 aromatic heterocycles. The highest BCUT2D eigenvalue weighted by molar-refractivity contribution is 8.00. The normalized spacial score (nSPS) is 18.6. The number of nitrogens with zero attached hydrogens (tertiary/aromatic N) is 2. The quantitative estimate of drug-likeness (QED) is 0.683. The van der Waals surface area contributed by atoms with Crippen LogP contribution in [0.4, 0.5) is 13.2 Å². The molecule has 0 heterocycles. The maximum Gasteiger partial charge on any atom is 0.389 e. The second kappa shape index (κ2) is 11.7. The molecule has 0 radical (unpaired) electrons. The molecule has 24 heavy (non-hydrogen) atoms. The molecule has 0 aliphatic heterocycles. The first-order chi connectivity index (χ1) is 11.3. The molecular weight excluding hydrogens is 353 g/mol. The van der Waals surface area contributed by atoms with Gasteiger partial charge in [-0.3, -0.25) is 0 Å². The van der Waals surface area contributed by atoms with Crippen molar-refractivity contribution in [3.05, 3.63) is 9.93 Å². The highest BCUT2D eigenvalue weighted by Crippen LogP contribution is 2.33. The van der Waals surface area contributed by atoms with Gasteiger partial charge in [0.25, 0.3) is 0 Å². The van der Waals surface area contributed by atoms with E-state index in [0.29, 0.717) is 25.7 Å².